The van der Waals surface area contributed by atoms with E-state index in [9.17, 15) is 8.42 Å². The third kappa shape index (κ3) is 5.23. The Labute approximate surface area is 252 Å². The van der Waals surface area contributed by atoms with Crippen LogP contribution >= 0.6 is 0 Å². The summed E-state index contributed by atoms with van der Waals surface area (Å²) in [6, 6.07) is 33.2. The minimum atomic E-state index is -4.03. The summed E-state index contributed by atoms with van der Waals surface area (Å²) in [5.41, 5.74) is 7.45. The Morgan fingerprint density at radius 2 is 1.63 bits per heavy atom. The van der Waals surface area contributed by atoms with Crippen molar-refractivity contribution < 1.29 is 12.6 Å². The van der Waals surface area contributed by atoms with Crippen molar-refractivity contribution in [2.45, 2.75) is 37.1 Å². The molecule has 1 N–H and O–H groups in total. The van der Waals surface area contributed by atoms with E-state index < -0.39 is 10.1 Å². The number of nitrogens with zero attached hydrogens (tertiary/aromatic N) is 1. The van der Waals surface area contributed by atoms with Crippen LogP contribution in [0.2, 0.25) is 0 Å². The Bertz CT molecular complexity index is 2000. The van der Waals surface area contributed by atoms with E-state index in [1.165, 1.54) is 22.4 Å². The predicted molar refractivity (Wildman–Crippen MR) is 174 cm³/mol. The summed E-state index contributed by atoms with van der Waals surface area (Å²) >= 11 is 0. The van der Waals surface area contributed by atoms with Crippen molar-refractivity contribution in [1.82, 2.24) is 0 Å². The van der Waals surface area contributed by atoms with Crippen molar-refractivity contribution in [3.63, 3.8) is 0 Å². The van der Waals surface area contributed by atoms with Crippen molar-refractivity contribution in [3.05, 3.63) is 143 Å². The first-order valence-electron chi connectivity index (χ1n) is 14.6. The molecule has 7 rings (SSSR count). The largest absolute Gasteiger partial charge is 0.378 e. The number of aryl methyl sites for hydroxylation is 2. The van der Waals surface area contributed by atoms with Crippen LogP contribution in [-0.2, 0) is 10.1 Å². The summed E-state index contributed by atoms with van der Waals surface area (Å²) in [4.78, 5) is 4.88. The fraction of sp³-hybridized carbons (Fsp3) is 0.162. The van der Waals surface area contributed by atoms with Gasteiger partial charge in [0, 0.05) is 23.4 Å². The lowest BCUT2D eigenvalue weighted by molar-refractivity contribution is 0.425. The Kier molecular flexibility index (Phi) is 6.86. The van der Waals surface area contributed by atoms with Crippen molar-refractivity contribution in [1.29, 1.82) is 0 Å². The molecule has 0 unspecified atom stereocenters. The molecular weight excluding hydrogens is 552 g/mol. The van der Waals surface area contributed by atoms with E-state index in [0.717, 1.165) is 28.4 Å². The quantitative estimate of drug-likeness (QED) is 0.123. The lowest BCUT2D eigenvalue weighted by atomic mass is 9.76. The van der Waals surface area contributed by atoms with Crippen LogP contribution in [0.3, 0.4) is 0 Å². The molecule has 0 bridgehead atoms. The average Bonchev–Trinajstić information content (AvgIpc) is 3.51. The van der Waals surface area contributed by atoms with Gasteiger partial charge in [0.25, 0.3) is 0 Å². The summed E-state index contributed by atoms with van der Waals surface area (Å²) in [7, 11) is -4.03. The fourth-order valence-electron chi connectivity index (χ4n) is 6.30. The van der Waals surface area contributed by atoms with Crippen LogP contribution in [-0.4, -0.2) is 14.6 Å². The smallest absolute Gasteiger partial charge is 0.339 e. The molecule has 3 atom stereocenters. The van der Waals surface area contributed by atoms with Crippen molar-refractivity contribution in [2.24, 2.45) is 10.9 Å². The number of allylic oxidation sites excluding steroid dienone is 2. The van der Waals surface area contributed by atoms with Crippen LogP contribution in [0.5, 0.6) is 5.75 Å². The molecule has 2 aliphatic rings. The maximum atomic E-state index is 13.2. The number of aliphatic imine (C=N–C) groups is 1. The van der Waals surface area contributed by atoms with E-state index in [-0.39, 0.29) is 16.7 Å². The second kappa shape index (κ2) is 10.9. The lowest BCUT2D eigenvalue weighted by Gasteiger charge is -2.37. The molecule has 5 aromatic rings. The number of hydrogen-bond acceptors (Lipinski definition) is 5. The molecule has 43 heavy (non-hydrogen) atoms. The third-order valence-electron chi connectivity index (χ3n) is 8.55. The summed E-state index contributed by atoms with van der Waals surface area (Å²) in [6.07, 6.45) is 7.41. The topological polar surface area (TPSA) is 67.8 Å². The van der Waals surface area contributed by atoms with E-state index in [2.05, 4.69) is 54.7 Å². The molecule has 0 spiro atoms. The third-order valence-corrected chi connectivity index (χ3v) is 9.80. The highest BCUT2D eigenvalue weighted by atomic mass is 32.2. The van der Waals surface area contributed by atoms with E-state index in [4.69, 9.17) is 9.18 Å². The van der Waals surface area contributed by atoms with E-state index in [0.29, 0.717) is 17.4 Å². The van der Waals surface area contributed by atoms with Gasteiger partial charge in [-0.15, -0.1) is 0 Å². The Balaban J connectivity index is 1.18. The second-order valence-corrected chi connectivity index (χ2v) is 13.0. The van der Waals surface area contributed by atoms with Crippen LogP contribution in [0, 0.1) is 19.8 Å². The van der Waals surface area contributed by atoms with E-state index >= 15 is 0 Å². The van der Waals surface area contributed by atoms with E-state index in [1.807, 2.05) is 49.4 Å². The van der Waals surface area contributed by atoms with Gasteiger partial charge in [-0.25, -0.2) is 0 Å². The number of hydrogen-bond donors (Lipinski definition) is 1. The van der Waals surface area contributed by atoms with Gasteiger partial charge in [-0.3, -0.25) is 4.99 Å². The molecule has 5 nitrogen and oxygen atoms in total. The molecule has 6 heteroatoms. The zero-order valence-electron chi connectivity index (χ0n) is 24.1. The molecule has 0 fully saturated rings. The van der Waals surface area contributed by atoms with Gasteiger partial charge in [0.1, 0.15) is 4.90 Å². The SMILES string of the molecule is Cc1ccc(S(=O)(=O)Oc2ccc3ccccc3c2C=Nc2ccc([C@@H]3Nc4ccc(C)cc4[C@@H]4C=CC[C@H]43)cc2)cc1. The molecule has 0 saturated heterocycles. The van der Waals surface area contributed by atoms with Gasteiger partial charge in [0.05, 0.1) is 11.7 Å². The first-order chi connectivity index (χ1) is 20.9. The maximum Gasteiger partial charge on any atom is 0.339 e. The van der Waals surface area contributed by atoms with Gasteiger partial charge in [-0.1, -0.05) is 90.0 Å². The van der Waals surface area contributed by atoms with Gasteiger partial charge in [-0.2, -0.15) is 8.42 Å². The Hall–Kier alpha value is -4.68. The van der Waals surface area contributed by atoms with Crippen LogP contribution < -0.4 is 9.50 Å². The van der Waals surface area contributed by atoms with Crippen molar-refractivity contribution in [2.75, 3.05) is 5.32 Å². The highest BCUT2D eigenvalue weighted by Gasteiger charge is 2.37. The highest BCUT2D eigenvalue weighted by molar-refractivity contribution is 7.87. The molecule has 0 radical (unpaired) electrons. The van der Waals surface area contributed by atoms with Gasteiger partial charge in [0.15, 0.2) is 5.75 Å². The molecule has 1 aliphatic heterocycles. The minimum Gasteiger partial charge on any atom is -0.378 e. The van der Waals surface area contributed by atoms with Crippen LogP contribution in [0.4, 0.5) is 11.4 Å². The van der Waals surface area contributed by atoms with Gasteiger partial charge < -0.3 is 9.50 Å². The molecule has 0 saturated carbocycles. The first kappa shape index (κ1) is 27.2. The number of nitrogens with one attached hydrogen (secondary N) is 1. The molecule has 5 aromatic carbocycles. The Morgan fingerprint density at radius 3 is 2.44 bits per heavy atom. The lowest BCUT2D eigenvalue weighted by Crippen LogP contribution is -2.29. The number of rotatable bonds is 6. The van der Waals surface area contributed by atoms with Crippen molar-refractivity contribution >= 4 is 38.5 Å². The minimum absolute atomic E-state index is 0.110. The zero-order valence-corrected chi connectivity index (χ0v) is 24.9. The van der Waals surface area contributed by atoms with Gasteiger partial charge in [-0.05, 0) is 84.5 Å². The van der Waals surface area contributed by atoms with E-state index in [1.54, 1.807) is 36.5 Å². The fourth-order valence-corrected chi connectivity index (χ4v) is 7.25. The number of fused-ring (bicyclic) bond motifs is 4. The number of benzene rings is 5. The Morgan fingerprint density at radius 1 is 0.860 bits per heavy atom. The molecule has 1 aliphatic carbocycles. The van der Waals surface area contributed by atoms with Crippen LogP contribution in [0.25, 0.3) is 10.8 Å². The van der Waals surface area contributed by atoms with Crippen LogP contribution in [0.1, 0.15) is 46.2 Å². The maximum absolute atomic E-state index is 13.2. The highest BCUT2D eigenvalue weighted by Crippen LogP contribution is 2.50. The molecular formula is C37H32N2O3S. The average molecular weight is 585 g/mol. The predicted octanol–water partition coefficient (Wildman–Crippen LogP) is 8.80. The molecule has 0 aromatic heterocycles. The zero-order chi connectivity index (χ0) is 29.6. The second-order valence-electron chi connectivity index (χ2n) is 11.5. The van der Waals surface area contributed by atoms with Crippen molar-refractivity contribution in [3.8, 4) is 5.75 Å². The summed E-state index contributed by atoms with van der Waals surface area (Å²) in [5, 5.41) is 5.63. The first-order valence-corrected chi connectivity index (χ1v) is 16.0. The van der Waals surface area contributed by atoms with Gasteiger partial charge in [0.2, 0.25) is 0 Å². The molecule has 1 heterocycles. The monoisotopic (exact) mass is 584 g/mol. The molecule has 214 valence electrons. The summed E-state index contributed by atoms with van der Waals surface area (Å²) in [6.45, 7) is 4.06. The summed E-state index contributed by atoms with van der Waals surface area (Å²) in [5.74, 6) is 1.12. The molecule has 0 amide bonds. The van der Waals surface area contributed by atoms with Crippen LogP contribution in [0.15, 0.2) is 125 Å². The number of anilines is 1. The standard InChI is InChI=1S/C37H32N2O3S/c1-24-10-18-29(19-11-24)43(40,41)42-36-21-15-26-6-3-4-7-30(26)34(36)23-38-28-16-13-27(14-17-28)37-32-9-5-8-31(32)33-22-25(2)12-20-35(33)39-37/h3-8,10-23,31-32,37,39H,9H2,1-2H3/t31-,32-,37+/m1/s1. The van der Waals surface area contributed by atoms with Gasteiger partial charge >= 0.3 is 10.1 Å². The summed E-state index contributed by atoms with van der Waals surface area (Å²) < 4.78 is 32.0. The normalized spacial score (nSPS) is 19.3.